The lowest BCUT2D eigenvalue weighted by molar-refractivity contribution is 0.353. The third-order valence-electron chi connectivity index (χ3n) is 1.60. The van der Waals surface area contributed by atoms with Crippen molar-refractivity contribution in [2.75, 3.05) is 6.61 Å². The van der Waals surface area contributed by atoms with Crippen LogP contribution in [0.25, 0.3) is 0 Å². The van der Waals surface area contributed by atoms with Crippen molar-refractivity contribution in [2.24, 2.45) is 0 Å². The Bertz CT molecular complexity index is 363. The molecular formula is C10H9BrF2O. The molecule has 1 nitrogen and oxygen atoms in total. The molecule has 76 valence electrons. The molecule has 0 aliphatic heterocycles. The van der Waals surface area contributed by atoms with Crippen LogP contribution in [0.4, 0.5) is 8.78 Å². The van der Waals surface area contributed by atoms with Crippen LogP contribution in [-0.2, 0) is 0 Å². The van der Waals surface area contributed by atoms with Crippen LogP contribution in [0.3, 0.4) is 0 Å². The van der Waals surface area contributed by atoms with Crippen LogP contribution in [0.1, 0.15) is 5.56 Å². The van der Waals surface area contributed by atoms with Gasteiger partial charge in [0.2, 0.25) is 0 Å². The maximum absolute atomic E-state index is 12.8. The number of hydrogen-bond donors (Lipinski definition) is 0. The third kappa shape index (κ3) is 2.80. The number of ether oxygens (including phenoxy) is 1. The second-order valence-corrected chi connectivity index (χ2v) is 3.96. The van der Waals surface area contributed by atoms with Crippen molar-refractivity contribution in [3.8, 4) is 5.75 Å². The average Bonchev–Trinajstić information content (AvgIpc) is 2.09. The van der Waals surface area contributed by atoms with E-state index < -0.39 is 11.6 Å². The standard InChI is InChI=1S/C10H9BrF2O/c1-6-3-8(12)9(13)4-10(6)14-5-7(2)11/h3-4H,2,5H2,1H3. The molecule has 0 N–H and O–H groups in total. The minimum atomic E-state index is -0.911. The first-order valence-electron chi connectivity index (χ1n) is 3.92. The molecule has 1 aromatic carbocycles. The van der Waals surface area contributed by atoms with E-state index in [4.69, 9.17) is 4.74 Å². The number of halogens is 3. The highest BCUT2D eigenvalue weighted by Crippen LogP contribution is 2.22. The Morgan fingerprint density at radius 2 is 2.00 bits per heavy atom. The van der Waals surface area contributed by atoms with E-state index in [1.807, 2.05) is 0 Å². The molecule has 0 aliphatic rings. The summed E-state index contributed by atoms with van der Waals surface area (Å²) in [7, 11) is 0. The Balaban J connectivity index is 2.87. The summed E-state index contributed by atoms with van der Waals surface area (Å²) >= 11 is 3.10. The Kier molecular flexibility index (Phi) is 3.63. The van der Waals surface area contributed by atoms with Gasteiger partial charge in [-0.15, -0.1) is 0 Å². The molecule has 0 saturated carbocycles. The predicted octanol–water partition coefficient (Wildman–Crippen LogP) is 3.56. The van der Waals surface area contributed by atoms with Gasteiger partial charge in [-0.3, -0.25) is 0 Å². The summed E-state index contributed by atoms with van der Waals surface area (Å²) in [5, 5.41) is 0. The fourth-order valence-electron chi connectivity index (χ4n) is 0.940. The zero-order valence-corrected chi connectivity index (χ0v) is 9.20. The fraction of sp³-hybridized carbons (Fsp3) is 0.200. The van der Waals surface area contributed by atoms with Gasteiger partial charge >= 0.3 is 0 Å². The van der Waals surface area contributed by atoms with E-state index >= 15 is 0 Å². The second kappa shape index (κ2) is 4.55. The van der Waals surface area contributed by atoms with E-state index in [0.717, 1.165) is 12.1 Å². The Hall–Kier alpha value is -0.900. The van der Waals surface area contributed by atoms with Crippen molar-refractivity contribution in [3.63, 3.8) is 0 Å². The molecule has 4 heteroatoms. The smallest absolute Gasteiger partial charge is 0.162 e. The highest BCUT2D eigenvalue weighted by atomic mass is 79.9. The van der Waals surface area contributed by atoms with Crippen LogP contribution in [0.2, 0.25) is 0 Å². The molecule has 1 rings (SSSR count). The van der Waals surface area contributed by atoms with E-state index in [1.54, 1.807) is 6.92 Å². The summed E-state index contributed by atoms with van der Waals surface area (Å²) in [6.45, 7) is 5.44. The number of benzene rings is 1. The molecule has 0 bridgehead atoms. The lowest BCUT2D eigenvalue weighted by Crippen LogP contribution is -1.99. The van der Waals surface area contributed by atoms with Crippen molar-refractivity contribution in [3.05, 3.63) is 40.4 Å². The summed E-state index contributed by atoms with van der Waals surface area (Å²) in [6, 6.07) is 2.13. The van der Waals surface area contributed by atoms with E-state index in [2.05, 4.69) is 22.5 Å². The van der Waals surface area contributed by atoms with Gasteiger partial charge in [0.05, 0.1) is 0 Å². The summed E-state index contributed by atoms with van der Waals surface area (Å²) in [6.07, 6.45) is 0. The van der Waals surface area contributed by atoms with Gasteiger partial charge in [0, 0.05) is 10.5 Å². The molecule has 0 saturated heterocycles. The molecule has 0 spiro atoms. The summed E-state index contributed by atoms with van der Waals surface area (Å²) < 4.78 is 31.3. The maximum Gasteiger partial charge on any atom is 0.162 e. The van der Waals surface area contributed by atoms with Crippen LogP contribution in [-0.4, -0.2) is 6.61 Å². The van der Waals surface area contributed by atoms with Gasteiger partial charge in [-0.25, -0.2) is 8.78 Å². The van der Waals surface area contributed by atoms with Crippen LogP contribution >= 0.6 is 15.9 Å². The summed E-state index contributed by atoms with van der Waals surface area (Å²) in [5.74, 6) is -1.46. The molecule has 0 unspecified atom stereocenters. The zero-order valence-electron chi connectivity index (χ0n) is 7.61. The van der Waals surface area contributed by atoms with Gasteiger partial charge in [-0.2, -0.15) is 0 Å². The summed E-state index contributed by atoms with van der Waals surface area (Å²) in [4.78, 5) is 0. The van der Waals surface area contributed by atoms with Crippen LogP contribution in [0, 0.1) is 18.6 Å². The predicted molar refractivity (Wildman–Crippen MR) is 54.7 cm³/mol. The van der Waals surface area contributed by atoms with Gasteiger partial charge in [0.15, 0.2) is 11.6 Å². The average molecular weight is 263 g/mol. The lowest BCUT2D eigenvalue weighted by atomic mass is 10.2. The first-order valence-corrected chi connectivity index (χ1v) is 4.71. The van der Waals surface area contributed by atoms with E-state index in [0.29, 0.717) is 15.8 Å². The van der Waals surface area contributed by atoms with E-state index in [1.165, 1.54) is 0 Å². The first kappa shape index (κ1) is 11.2. The molecule has 0 heterocycles. The maximum atomic E-state index is 12.8. The number of rotatable bonds is 3. The van der Waals surface area contributed by atoms with Gasteiger partial charge in [0.1, 0.15) is 12.4 Å². The monoisotopic (exact) mass is 262 g/mol. The Morgan fingerprint density at radius 3 is 2.57 bits per heavy atom. The normalized spacial score (nSPS) is 10.0. The third-order valence-corrected chi connectivity index (χ3v) is 1.83. The molecule has 14 heavy (non-hydrogen) atoms. The SMILES string of the molecule is C=C(Br)COc1cc(F)c(F)cc1C. The molecule has 0 fully saturated rings. The van der Waals surface area contributed by atoms with Crippen molar-refractivity contribution in [1.29, 1.82) is 0 Å². The van der Waals surface area contributed by atoms with Gasteiger partial charge in [-0.1, -0.05) is 22.5 Å². The highest BCUT2D eigenvalue weighted by Gasteiger charge is 2.07. The number of aryl methyl sites for hydroxylation is 1. The van der Waals surface area contributed by atoms with Gasteiger partial charge < -0.3 is 4.74 Å². The largest absolute Gasteiger partial charge is 0.488 e. The molecule has 0 aliphatic carbocycles. The molecular weight excluding hydrogens is 254 g/mol. The van der Waals surface area contributed by atoms with Gasteiger partial charge in [0.25, 0.3) is 0 Å². The minimum absolute atomic E-state index is 0.228. The molecule has 0 radical (unpaired) electrons. The van der Waals surface area contributed by atoms with Crippen LogP contribution in [0.5, 0.6) is 5.75 Å². The molecule has 0 atom stereocenters. The molecule has 0 aromatic heterocycles. The highest BCUT2D eigenvalue weighted by molar-refractivity contribution is 9.11. The molecule has 1 aromatic rings. The molecule has 0 amide bonds. The van der Waals surface area contributed by atoms with Crippen molar-refractivity contribution < 1.29 is 13.5 Å². The number of hydrogen-bond acceptors (Lipinski definition) is 1. The quantitative estimate of drug-likeness (QED) is 0.810. The fourth-order valence-corrected chi connectivity index (χ4v) is 1.05. The van der Waals surface area contributed by atoms with Crippen molar-refractivity contribution in [1.82, 2.24) is 0 Å². The van der Waals surface area contributed by atoms with E-state index in [-0.39, 0.29) is 6.61 Å². The van der Waals surface area contributed by atoms with Crippen LogP contribution < -0.4 is 4.74 Å². The zero-order chi connectivity index (χ0) is 10.7. The lowest BCUT2D eigenvalue weighted by Gasteiger charge is -2.08. The Morgan fingerprint density at radius 1 is 1.43 bits per heavy atom. The van der Waals surface area contributed by atoms with Crippen LogP contribution in [0.15, 0.2) is 23.2 Å². The summed E-state index contributed by atoms with van der Waals surface area (Å²) in [5.41, 5.74) is 0.553. The van der Waals surface area contributed by atoms with Crippen molar-refractivity contribution >= 4 is 15.9 Å². The van der Waals surface area contributed by atoms with Gasteiger partial charge in [-0.05, 0) is 18.6 Å². The second-order valence-electron chi connectivity index (χ2n) is 2.84. The minimum Gasteiger partial charge on any atom is -0.488 e. The first-order chi connectivity index (χ1) is 6.50. The topological polar surface area (TPSA) is 9.23 Å². The van der Waals surface area contributed by atoms with Crippen molar-refractivity contribution in [2.45, 2.75) is 6.92 Å². The van der Waals surface area contributed by atoms with E-state index in [9.17, 15) is 8.78 Å². The Labute approximate surface area is 89.5 Å².